The molecule has 0 saturated carbocycles. The highest BCUT2D eigenvalue weighted by Crippen LogP contribution is 2.33. The average molecular weight is 485 g/mol. The molecule has 12 nitrogen and oxygen atoms in total. The van der Waals surface area contributed by atoms with Gasteiger partial charge in [-0.3, -0.25) is 29.5 Å². The van der Waals surface area contributed by atoms with Crippen molar-refractivity contribution < 1.29 is 19.2 Å². The number of benzene rings is 2. The molecule has 0 unspecified atom stereocenters. The monoisotopic (exact) mass is 484 g/mol. The molecule has 1 aliphatic heterocycles. The zero-order valence-corrected chi connectivity index (χ0v) is 18.3. The van der Waals surface area contributed by atoms with Crippen LogP contribution >= 0.6 is 11.6 Å². The molecule has 0 spiro atoms. The number of hydrogen-bond donors (Lipinski definition) is 4. The Kier molecular flexibility index (Phi) is 6.15. The first-order valence-corrected chi connectivity index (χ1v) is 10.2. The number of nitrogens with one attached hydrogen (secondary N) is 4. The number of H-pyrrole nitrogens is 1. The zero-order valence-electron chi connectivity index (χ0n) is 17.5. The van der Waals surface area contributed by atoms with Crippen LogP contribution in [0.4, 0.5) is 28.8 Å². The number of carbonyl (C=O) groups excluding carboxylic acids is 2. The fourth-order valence-corrected chi connectivity index (χ4v) is 3.66. The lowest BCUT2D eigenvalue weighted by Crippen LogP contribution is -2.36. The molecule has 174 valence electrons. The van der Waals surface area contributed by atoms with Crippen LogP contribution in [-0.2, 0) is 9.59 Å². The second kappa shape index (κ2) is 9.19. The maximum absolute atomic E-state index is 13.0. The molecule has 1 aliphatic rings. The average Bonchev–Trinajstić information content (AvgIpc) is 2.78. The van der Waals surface area contributed by atoms with E-state index in [2.05, 4.69) is 25.9 Å². The molecule has 34 heavy (non-hydrogen) atoms. The molecule has 0 bridgehead atoms. The first-order chi connectivity index (χ1) is 16.2. The van der Waals surface area contributed by atoms with Gasteiger partial charge < -0.3 is 20.7 Å². The summed E-state index contributed by atoms with van der Waals surface area (Å²) in [5.41, 5.74) is -0.163. The minimum atomic E-state index is -1.15. The van der Waals surface area contributed by atoms with Gasteiger partial charge in [0.25, 0.3) is 11.2 Å². The predicted octanol–water partition coefficient (Wildman–Crippen LogP) is 3.15. The van der Waals surface area contributed by atoms with Crippen LogP contribution in [0.2, 0.25) is 5.02 Å². The predicted molar refractivity (Wildman–Crippen MR) is 124 cm³/mol. The van der Waals surface area contributed by atoms with Gasteiger partial charge in [-0.05, 0) is 24.3 Å². The first kappa shape index (κ1) is 22.7. The van der Waals surface area contributed by atoms with Crippen LogP contribution < -0.4 is 26.2 Å². The number of nitrogens with zero attached hydrogens (tertiary/aromatic N) is 2. The Labute approximate surface area is 196 Å². The van der Waals surface area contributed by atoms with Crippen LogP contribution in [0.15, 0.2) is 47.3 Å². The van der Waals surface area contributed by atoms with Crippen molar-refractivity contribution in [2.24, 2.45) is 0 Å². The lowest BCUT2D eigenvalue weighted by atomic mass is 9.92. The van der Waals surface area contributed by atoms with Gasteiger partial charge in [-0.15, -0.1) is 0 Å². The van der Waals surface area contributed by atoms with Gasteiger partial charge >= 0.3 is 0 Å². The molecule has 4 rings (SSSR count). The Morgan fingerprint density at radius 3 is 2.76 bits per heavy atom. The third kappa shape index (κ3) is 4.66. The van der Waals surface area contributed by atoms with Gasteiger partial charge in [0.1, 0.15) is 11.6 Å². The summed E-state index contributed by atoms with van der Waals surface area (Å²) in [5.74, 6) is -2.29. The Balaban J connectivity index is 1.64. The second-order valence-corrected chi connectivity index (χ2v) is 7.68. The van der Waals surface area contributed by atoms with E-state index in [4.69, 9.17) is 16.3 Å². The van der Waals surface area contributed by atoms with Crippen LogP contribution in [-0.4, -0.2) is 33.8 Å². The SMILES string of the molecule is COc1cc([N+](=O)[O-])ccc1NC(=O)[C@@H]1CC(=O)Nc2nc(Nc3cccc(Cl)c3)[nH]c(=O)c21. The van der Waals surface area contributed by atoms with E-state index >= 15 is 0 Å². The Morgan fingerprint density at radius 1 is 1.26 bits per heavy atom. The molecule has 0 saturated heterocycles. The van der Waals surface area contributed by atoms with Crippen molar-refractivity contribution in [2.45, 2.75) is 12.3 Å². The zero-order chi connectivity index (χ0) is 24.4. The van der Waals surface area contributed by atoms with Crippen molar-refractivity contribution >= 4 is 52.2 Å². The summed E-state index contributed by atoms with van der Waals surface area (Å²) < 4.78 is 5.12. The van der Waals surface area contributed by atoms with E-state index in [1.807, 2.05) is 0 Å². The number of aromatic amines is 1. The molecule has 4 N–H and O–H groups in total. The maximum atomic E-state index is 13.0. The molecule has 2 heterocycles. The number of fused-ring (bicyclic) bond motifs is 1. The number of halogens is 1. The number of aromatic nitrogens is 2. The summed E-state index contributed by atoms with van der Waals surface area (Å²) in [5, 5.41) is 19.4. The van der Waals surface area contributed by atoms with Crippen LogP contribution in [0.5, 0.6) is 5.75 Å². The van der Waals surface area contributed by atoms with Crippen molar-refractivity contribution in [1.82, 2.24) is 9.97 Å². The summed E-state index contributed by atoms with van der Waals surface area (Å²) in [4.78, 5) is 55.4. The third-order valence-corrected chi connectivity index (χ3v) is 5.24. The van der Waals surface area contributed by atoms with E-state index in [-0.39, 0.29) is 40.9 Å². The van der Waals surface area contributed by atoms with Gasteiger partial charge in [0, 0.05) is 23.2 Å². The van der Waals surface area contributed by atoms with Gasteiger partial charge in [0.2, 0.25) is 17.8 Å². The molecular weight excluding hydrogens is 468 g/mol. The number of ether oxygens (including phenoxy) is 1. The van der Waals surface area contributed by atoms with Crippen LogP contribution in [0.1, 0.15) is 17.9 Å². The molecule has 3 aromatic rings. The maximum Gasteiger partial charge on any atom is 0.273 e. The number of amides is 2. The Hall–Kier alpha value is -4.45. The number of carbonyl (C=O) groups is 2. The number of hydrogen-bond acceptors (Lipinski definition) is 8. The minimum absolute atomic E-state index is 0.0189. The molecule has 0 radical (unpaired) electrons. The van der Waals surface area contributed by atoms with Crippen molar-refractivity contribution in [2.75, 3.05) is 23.1 Å². The topological polar surface area (TPSA) is 168 Å². The number of anilines is 4. The molecule has 1 aromatic heterocycles. The smallest absolute Gasteiger partial charge is 0.273 e. The van der Waals surface area contributed by atoms with Crippen molar-refractivity contribution in [3.05, 3.63) is 73.5 Å². The standard InChI is InChI=1S/C21H17ClN6O6/c1-34-15-8-12(28(32)33)5-6-14(15)24-19(30)13-9-16(29)25-18-17(13)20(31)27-21(26-18)23-11-4-2-3-10(22)7-11/h2-8,13H,9H2,1H3,(H,24,30)(H3,23,25,26,27,29,31)/t13-/m1/s1. The van der Waals surface area contributed by atoms with Gasteiger partial charge in [-0.2, -0.15) is 4.98 Å². The summed E-state index contributed by atoms with van der Waals surface area (Å²) in [6, 6.07) is 10.4. The van der Waals surface area contributed by atoms with Gasteiger partial charge in [0.05, 0.1) is 35.3 Å². The van der Waals surface area contributed by atoms with Crippen molar-refractivity contribution in [3.8, 4) is 5.75 Å². The Bertz CT molecular complexity index is 1370. The van der Waals surface area contributed by atoms with Crippen molar-refractivity contribution in [3.63, 3.8) is 0 Å². The number of methoxy groups -OCH3 is 1. The summed E-state index contributed by atoms with van der Waals surface area (Å²) in [6.07, 6.45) is -0.292. The van der Waals surface area contributed by atoms with Crippen LogP contribution in [0.3, 0.4) is 0 Å². The number of nitro groups is 1. The summed E-state index contributed by atoms with van der Waals surface area (Å²) in [6.45, 7) is 0. The third-order valence-electron chi connectivity index (χ3n) is 5.01. The number of rotatable bonds is 6. The number of non-ortho nitro benzene ring substituents is 1. The molecule has 2 aromatic carbocycles. The highest BCUT2D eigenvalue weighted by atomic mass is 35.5. The van der Waals surface area contributed by atoms with Gasteiger partial charge in [-0.1, -0.05) is 17.7 Å². The quantitative estimate of drug-likeness (QED) is 0.305. The van der Waals surface area contributed by atoms with E-state index in [9.17, 15) is 24.5 Å². The van der Waals surface area contributed by atoms with E-state index in [0.29, 0.717) is 10.7 Å². The summed E-state index contributed by atoms with van der Waals surface area (Å²) >= 11 is 5.97. The van der Waals surface area contributed by atoms with E-state index in [0.717, 1.165) is 6.07 Å². The van der Waals surface area contributed by atoms with Gasteiger partial charge in [0.15, 0.2) is 0 Å². The van der Waals surface area contributed by atoms with E-state index in [1.165, 1.54) is 19.2 Å². The Morgan fingerprint density at radius 2 is 2.06 bits per heavy atom. The van der Waals surface area contributed by atoms with Crippen molar-refractivity contribution in [1.29, 1.82) is 0 Å². The highest BCUT2D eigenvalue weighted by Gasteiger charge is 2.35. The molecule has 1 atom stereocenters. The summed E-state index contributed by atoms with van der Waals surface area (Å²) in [7, 11) is 1.29. The minimum Gasteiger partial charge on any atom is -0.494 e. The molecule has 0 fully saturated rings. The molecule has 0 aliphatic carbocycles. The highest BCUT2D eigenvalue weighted by molar-refractivity contribution is 6.30. The lowest BCUT2D eigenvalue weighted by Gasteiger charge is -2.24. The molecule has 2 amide bonds. The largest absolute Gasteiger partial charge is 0.494 e. The second-order valence-electron chi connectivity index (χ2n) is 7.25. The van der Waals surface area contributed by atoms with E-state index < -0.39 is 28.2 Å². The molecular formula is C21H17ClN6O6. The number of nitro benzene ring substituents is 1. The first-order valence-electron chi connectivity index (χ1n) is 9.85. The lowest BCUT2D eigenvalue weighted by molar-refractivity contribution is -0.384. The van der Waals surface area contributed by atoms with Crippen LogP contribution in [0, 0.1) is 10.1 Å². The fourth-order valence-electron chi connectivity index (χ4n) is 3.47. The normalized spacial score (nSPS) is 14.5. The van der Waals surface area contributed by atoms with Gasteiger partial charge in [-0.25, -0.2) is 0 Å². The van der Waals surface area contributed by atoms with E-state index in [1.54, 1.807) is 24.3 Å². The van der Waals surface area contributed by atoms with Crippen LogP contribution in [0.25, 0.3) is 0 Å². The fraction of sp³-hybridized carbons (Fsp3) is 0.143. The molecule has 13 heteroatoms.